The second-order valence-electron chi connectivity index (χ2n) is 8.54. The molecule has 1 aliphatic rings. The van der Waals surface area contributed by atoms with Crippen molar-refractivity contribution in [1.82, 2.24) is 9.88 Å². The van der Waals surface area contributed by atoms with E-state index in [1.807, 2.05) is 30.5 Å². The van der Waals surface area contributed by atoms with E-state index in [0.29, 0.717) is 12.0 Å². The lowest BCUT2D eigenvalue weighted by atomic mass is 9.95. The molecule has 0 bridgehead atoms. The third-order valence-corrected chi connectivity index (χ3v) is 6.47. The summed E-state index contributed by atoms with van der Waals surface area (Å²) in [6.45, 7) is 0.195. The second-order valence-corrected chi connectivity index (χ2v) is 8.54. The number of fused-ring (bicyclic) bond motifs is 1. The van der Waals surface area contributed by atoms with Crippen molar-refractivity contribution in [3.63, 3.8) is 0 Å². The zero-order chi connectivity index (χ0) is 25.4. The van der Waals surface area contributed by atoms with Crippen LogP contribution in [-0.4, -0.2) is 45.4 Å². The summed E-state index contributed by atoms with van der Waals surface area (Å²) >= 11 is 0. The molecule has 7 nitrogen and oxygen atoms in total. The Kier molecular flexibility index (Phi) is 5.93. The molecule has 1 aromatic heterocycles. The van der Waals surface area contributed by atoms with Gasteiger partial charge in [-0.15, -0.1) is 0 Å². The highest BCUT2D eigenvalue weighted by Gasteiger charge is 2.46. The van der Waals surface area contributed by atoms with Crippen LogP contribution in [0.2, 0.25) is 0 Å². The number of aromatic amines is 1. The van der Waals surface area contributed by atoms with E-state index in [4.69, 9.17) is 4.74 Å². The molecule has 1 saturated heterocycles. The van der Waals surface area contributed by atoms with E-state index in [1.54, 1.807) is 6.07 Å². The third kappa shape index (κ3) is 3.96. The number of phenolic OH excluding ortho intramolecular Hbond substituents is 1. The van der Waals surface area contributed by atoms with E-state index >= 15 is 0 Å². The lowest BCUT2D eigenvalue weighted by molar-refractivity contribution is -0.139. The zero-order valence-electron chi connectivity index (χ0n) is 19.4. The molecule has 36 heavy (non-hydrogen) atoms. The number of ether oxygens (including phenoxy) is 1. The van der Waals surface area contributed by atoms with Gasteiger partial charge >= 0.3 is 0 Å². The SMILES string of the molecule is COc1cc(C2/C(=C(\O)c3ccc(F)cc3)C(=O)C(=O)N2CCc2c[nH]c3ccccc23)ccc1O. The Morgan fingerprint density at radius 3 is 2.58 bits per heavy atom. The number of carbonyl (C=O) groups excluding carboxylic acids is 2. The second kappa shape index (κ2) is 9.22. The standard InChI is InChI=1S/C28H23FN2O5/c1-36-23-14-17(8-11-22(23)32)25-24(26(33)16-6-9-19(29)10-7-16)27(34)28(35)31(25)13-12-18-15-30-21-5-3-2-4-20(18)21/h2-11,14-15,25,30,32-33H,12-13H2,1H3/b26-24+. The molecule has 0 radical (unpaired) electrons. The van der Waals surface area contributed by atoms with Gasteiger partial charge < -0.3 is 24.8 Å². The van der Waals surface area contributed by atoms with Gasteiger partial charge in [0, 0.05) is 29.2 Å². The van der Waals surface area contributed by atoms with Gasteiger partial charge in [0.25, 0.3) is 11.7 Å². The van der Waals surface area contributed by atoms with Crippen molar-refractivity contribution >= 4 is 28.4 Å². The average Bonchev–Trinajstić information content (AvgIpc) is 3.41. The number of halogens is 1. The van der Waals surface area contributed by atoms with Crippen LogP contribution in [0.3, 0.4) is 0 Å². The van der Waals surface area contributed by atoms with Gasteiger partial charge in [0.1, 0.15) is 11.6 Å². The molecule has 1 amide bonds. The summed E-state index contributed by atoms with van der Waals surface area (Å²) in [7, 11) is 1.39. The van der Waals surface area contributed by atoms with Crippen molar-refractivity contribution in [1.29, 1.82) is 0 Å². The van der Waals surface area contributed by atoms with Gasteiger partial charge in [0.05, 0.1) is 18.7 Å². The molecule has 0 aliphatic carbocycles. The Morgan fingerprint density at radius 2 is 1.83 bits per heavy atom. The molecule has 8 heteroatoms. The Hall–Kier alpha value is -4.59. The summed E-state index contributed by atoms with van der Waals surface area (Å²) < 4.78 is 18.7. The molecule has 1 fully saturated rings. The van der Waals surface area contributed by atoms with Crippen molar-refractivity contribution < 1.29 is 28.9 Å². The quantitative estimate of drug-likeness (QED) is 0.209. The fourth-order valence-electron chi connectivity index (χ4n) is 4.66. The van der Waals surface area contributed by atoms with Crippen LogP contribution in [-0.2, 0) is 16.0 Å². The number of amides is 1. The average molecular weight is 486 g/mol. The fourth-order valence-corrected chi connectivity index (χ4v) is 4.66. The molecule has 5 rings (SSSR count). The maximum absolute atomic E-state index is 13.5. The number of phenols is 1. The summed E-state index contributed by atoms with van der Waals surface area (Å²) in [4.78, 5) is 31.0. The predicted molar refractivity (Wildman–Crippen MR) is 132 cm³/mol. The van der Waals surface area contributed by atoms with E-state index in [0.717, 1.165) is 16.5 Å². The summed E-state index contributed by atoms with van der Waals surface area (Å²) in [6.07, 6.45) is 2.33. The number of Topliss-reactive ketones (excluding diaryl/α,β-unsaturated/α-hetero) is 1. The number of rotatable bonds is 6. The first-order valence-electron chi connectivity index (χ1n) is 11.3. The summed E-state index contributed by atoms with van der Waals surface area (Å²) in [5, 5.41) is 22.2. The molecule has 1 atom stereocenters. The molecule has 0 spiro atoms. The van der Waals surface area contributed by atoms with Gasteiger partial charge in [-0.2, -0.15) is 0 Å². The number of aliphatic hydroxyl groups is 1. The van der Waals surface area contributed by atoms with E-state index in [2.05, 4.69) is 4.98 Å². The first kappa shape index (κ1) is 23.2. The van der Waals surface area contributed by atoms with E-state index < -0.39 is 29.3 Å². The highest BCUT2D eigenvalue weighted by atomic mass is 19.1. The summed E-state index contributed by atoms with van der Waals surface area (Å²) in [5.41, 5.74) is 2.52. The normalized spacial score (nSPS) is 17.2. The molecule has 4 aromatic rings. The number of nitrogens with one attached hydrogen (secondary N) is 1. The van der Waals surface area contributed by atoms with Crippen molar-refractivity contribution in [2.24, 2.45) is 0 Å². The van der Waals surface area contributed by atoms with Crippen molar-refractivity contribution in [2.75, 3.05) is 13.7 Å². The van der Waals surface area contributed by atoms with Crippen LogP contribution in [0.25, 0.3) is 16.7 Å². The fraction of sp³-hybridized carbons (Fsp3) is 0.143. The number of ketones is 1. The van der Waals surface area contributed by atoms with Crippen LogP contribution >= 0.6 is 0 Å². The number of methoxy groups -OCH3 is 1. The number of aliphatic hydroxyl groups excluding tert-OH is 1. The van der Waals surface area contributed by atoms with Gasteiger partial charge in [-0.3, -0.25) is 9.59 Å². The molecule has 182 valence electrons. The zero-order valence-corrected chi connectivity index (χ0v) is 19.4. The Labute approximate surface area is 206 Å². The van der Waals surface area contributed by atoms with E-state index in [-0.39, 0.29) is 29.2 Å². The lowest BCUT2D eigenvalue weighted by Gasteiger charge is -2.25. The van der Waals surface area contributed by atoms with Crippen molar-refractivity contribution in [3.8, 4) is 11.5 Å². The van der Waals surface area contributed by atoms with Crippen LogP contribution in [0.4, 0.5) is 4.39 Å². The third-order valence-electron chi connectivity index (χ3n) is 6.47. The minimum atomic E-state index is -0.935. The Morgan fingerprint density at radius 1 is 1.08 bits per heavy atom. The number of hydrogen-bond acceptors (Lipinski definition) is 5. The first-order valence-corrected chi connectivity index (χ1v) is 11.3. The highest BCUT2D eigenvalue weighted by Crippen LogP contribution is 2.42. The number of H-pyrrole nitrogens is 1. The minimum Gasteiger partial charge on any atom is -0.507 e. The van der Waals surface area contributed by atoms with E-state index in [1.165, 1.54) is 48.4 Å². The number of likely N-dealkylation sites (tertiary alicyclic amines) is 1. The van der Waals surface area contributed by atoms with Gasteiger partial charge in [0.15, 0.2) is 11.5 Å². The topological polar surface area (TPSA) is 103 Å². The molecule has 1 unspecified atom stereocenters. The number of hydrogen-bond donors (Lipinski definition) is 3. The van der Waals surface area contributed by atoms with Crippen molar-refractivity contribution in [2.45, 2.75) is 12.5 Å². The lowest BCUT2D eigenvalue weighted by Crippen LogP contribution is -2.31. The number of benzene rings is 3. The van der Waals surface area contributed by atoms with Gasteiger partial charge in [-0.05, 0) is 60.0 Å². The predicted octanol–water partition coefficient (Wildman–Crippen LogP) is 4.69. The Bertz CT molecular complexity index is 1510. The van der Waals surface area contributed by atoms with Crippen molar-refractivity contribution in [3.05, 3.63) is 101 Å². The number of nitrogens with zero attached hydrogens (tertiary/aromatic N) is 1. The number of carbonyl (C=O) groups is 2. The molecular formula is C28H23FN2O5. The molecule has 3 aromatic carbocycles. The number of para-hydroxylation sites is 1. The van der Waals surface area contributed by atoms with Crippen LogP contribution < -0.4 is 4.74 Å². The van der Waals surface area contributed by atoms with Crippen LogP contribution in [0.15, 0.2) is 78.5 Å². The van der Waals surface area contributed by atoms with Crippen LogP contribution in [0, 0.1) is 5.82 Å². The number of aromatic hydroxyl groups is 1. The number of aromatic nitrogens is 1. The van der Waals surface area contributed by atoms with Crippen LogP contribution in [0.5, 0.6) is 11.5 Å². The maximum Gasteiger partial charge on any atom is 0.295 e. The van der Waals surface area contributed by atoms with Gasteiger partial charge in [-0.1, -0.05) is 24.3 Å². The first-order chi connectivity index (χ1) is 17.4. The Balaban J connectivity index is 1.59. The largest absolute Gasteiger partial charge is 0.507 e. The van der Waals surface area contributed by atoms with Crippen LogP contribution in [0.1, 0.15) is 22.7 Å². The molecule has 0 saturated carbocycles. The maximum atomic E-state index is 13.5. The van der Waals surface area contributed by atoms with Gasteiger partial charge in [-0.25, -0.2) is 4.39 Å². The molecule has 3 N–H and O–H groups in total. The van der Waals surface area contributed by atoms with Gasteiger partial charge in [0.2, 0.25) is 0 Å². The summed E-state index contributed by atoms with van der Waals surface area (Å²) in [6, 6.07) is 16.4. The smallest absolute Gasteiger partial charge is 0.295 e. The highest BCUT2D eigenvalue weighted by molar-refractivity contribution is 6.46. The monoisotopic (exact) mass is 486 g/mol. The minimum absolute atomic E-state index is 0.101. The molecule has 1 aliphatic heterocycles. The summed E-state index contributed by atoms with van der Waals surface area (Å²) in [5.74, 6) is -2.43. The molecular weight excluding hydrogens is 463 g/mol. The molecule has 2 heterocycles. The van der Waals surface area contributed by atoms with E-state index in [9.17, 15) is 24.2 Å².